The number of carbonyl (C=O) groups is 1. The zero-order chi connectivity index (χ0) is 23.9. The summed E-state index contributed by atoms with van der Waals surface area (Å²) < 4.78 is 0. The van der Waals surface area contributed by atoms with Crippen LogP contribution in [0, 0.1) is 0 Å². The molecule has 2 bridgehead atoms. The molecule has 0 radical (unpaired) electrons. The van der Waals surface area contributed by atoms with E-state index >= 15 is 0 Å². The molecule has 1 amide bonds. The van der Waals surface area contributed by atoms with E-state index < -0.39 is 0 Å². The molecule has 3 fully saturated rings. The van der Waals surface area contributed by atoms with Crippen LogP contribution in [0.4, 0.5) is 5.82 Å². The first-order valence-corrected chi connectivity index (χ1v) is 12.4. The highest BCUT2D eigenvalue weighted by molar-refractivity contribution is 5.92. The maximum absolute atomic E-state index is 11.8. The van der Waals surface area contributed by atoms with Crippen molar-refractivity contribution >= 4 is 17.8 Å². The van der Waals surface area contributed by atoms with Gasteiger partial charge in [-0.15, -0.1) is 10.2 Å². The second-order valence-electron chi connectivity index (χ2n) is 10.9. The number of hydrogen-bond donors (Lipinski definition) is 3. The predicted molar refractivity (Wildman–Crippen MR) is 135 cm³/mol. The average molecular weight is 462 g/mol. The minimum absolute atomic E-state index is 0.1000. The summed E-state index contributed by atoms with van der Waals surface area (Å²) in [6.07, 6.45) is 11.2. The Hall–Kier alpha value is -2.93. The first-order chi connectivity index (χ1) is 16.2. The Morgan fingerprint density at radius 2 is 1.88 bits per heavy atom. The van der Waals surface area contributed by atoms with Crippen molar-refractivity contribution in [3.8, 4) is 17.0 Å². The molecule has 1 aromatic heterocycles. The Balaban J connectivity index is 1.27. The number of amides is 1. The maximum atomic E-state index is 11.8. The summed E-state index contributed by atoms with van der Waals surface area (Å²) in [5.74, 6) is 0.867. The average Bonchev–Trinajstić information content (AvgIpc) is 3.60. The molecular weight excluding hydrogens is 426 g/mol. The number of benzene rings is 1. The van der Waals surface area contributed by atoms with Gasteiger partial charge >= 0.3 is 0 Å². The topological polar surface area (TPSA) is 90.4 Å². The molecule has 2 aromatic rings. The molecule has 1 aliphatic carbocycles. The summed E-state index contributed by atoms with van der Waals surface area (Å²) in [4.78, 5) is 14.1. The van der Waals surface area contributed by atoms with Gasteiger partial charge in [0.1, 0.15) is 5.75 Å². The number of piperidine rings is 2. The molecule has 3 N–H and O–H groups in total. The van der Waals surface area contributed by atoms with E-state index in [-0.39, 0.29) is 22.7 Å². The van der Waals surface area contributed by atoms with Gasteiger partial charge in [0.2, 0.25) is 5.91 Å². The van der Waals surface area contributed by atoms with Crippen molar-refractivity contribution in [1.29, 1.82) is 0 Å². The normalized spacial score (nSPS) is 28.6. The summed E-state index contributed by atoms with van der Waals surface area (Å²) in [6, 6.07) is 9.97. The van der Waals surface area contributed by atoms with Crippen LogP contribution in [0.15, 0.2) is 36.4 Å². The standard InChI is InChI=1S/C27H35N5O2/c1-26-13-4-14-27(2,31-26)17-20(16-26)32(3)24-11-10-22(29-30-24)21-9-5-18(15-23(21)33)6-12-25(34)28-19-7-8-19/h5-6,9-12,15,19-20,31,33H,4,7-8,13-14,16-17H2,1-3H3,(H,28,34)/b12-6+/t20-,26-,27+. The van der Waals surface area contributed by atoms with Gasteiger partial charge in [-0.3, -0.25) is 4.79 Å². The zero-order valence-electron chi connectivity index (χ0n) is 20.3. The van der Waals surface area contributed by atoms with Gasteiger partial charge in [-0.05, 0) is 94.7 Å². The van der Waals surface area contributed by atoms with E-state index in [1.807, 2.05) is 24.3 Å². The van der Waals surface area contributed by atoms with Crippen LogP contribution in [0.1, 0.15) is 64.4 Å². The lowest BCUT2D eigenvalue weighted by Gasteiger charge is -2.55. The van der Waals surface area contributed by atoms with Crippen LogP contribution in [0.3, 0.4) is 0 Å². The van der Waals surface area contributed by atoms with E-state index in [1.54, 1.807) is 12.1 Å². The van der Waals surface area contributed by atoms with Gasteiger partial charge in [-0.1, -0.05) is 6.07 Å². The van der Waals surface area contributed by atoms with E-state index in [4.69, 9.17) is 0 Å². The van der Waals surface area contributed by atoms with E-state index in [2.05, 4.69) is 46.6 Å². The predicted octanol–water partition coefficient (Wildman–Crippen LogP) is 4.03. The molecule has 5 rings (SSSR count). The molecule has 7 heteroatoms. The minimum atomic E-state index is -0.1000. The van der Waals surface area contributed by atoms with Crippen LogP contribution in [-0.4, -0.2) is 51.4 Å². The molecule has 3 heterocycles. The third-order valence-corrected chi connectivity index (χ3v) is 7.64. The number of carbonyl (C=O) groups excluding carboxylic acids is 1. The lowest BCUT2D eigenvalue weighted by Crippen LogP contribution is -2.66. The van der Waals surface area contributed by atoms with Gasteiger partial charge in [0.05, 0.1) is 5.69 Å². The lowest BCUT2D eigenvalue weighted by atomic mass is 9.69. The number of phenols is 1. The summed E-state index contributed by atoms with van der Waals surface area (Å²) in [7, 11) is 2.11. The third kappa shape index (κ3) is 4.94. The number of aromatic hydroxyl groups is 1. The van der Waals surface area contributed by atoms with Crippen molar-refractivity contribution in [3.63, 3.8) is 0 Å². The number of phenolic OH excluding ortho intramolecular Hbond substituents is 1. The molecule has 2 saturated heterocycles. The van der Waals surface area contributed by atoms with Gasteiger partial charge in [-0.25, -0.2) is 0 Å². The van der Waals surface area contributed by atoms with Crippen molar-refractivity contribution in [3.05, 3.63) is 42.0 Å². The van der Waals surface area contributed by atoms with Gasteiger partial charge in [-0.2, -0.15) is 0 Å². The van der Waals surface area contributed by atoms with E-state index in [1.165, 1.54) is 25.3 Å². The van der Waals surface area contributed by atoms with Gasteiger partial charge in [0.15, 0.2) is 5.82 Å². The lowest BCUT2D eigenvalue weighted by molar-refractivity contribution is -0.116. The molecule has 1 saturated carbocycles. The highest BCUT2D eigenvalue weighted by Gasteiger charge is 2.46. The van der Waals surface area contributed by atoms with Crippen LogP contribution in [0.25, 0.3) is 17.3 Å². The molecule has 2 aliphatic heterocycles. The minimum Gasteiger partial charge on any atom is -0.507 e. The molecule has 7 nitrogen and oxygen atoms in total. The van der Waals surface area contributed by atoms with Crippen LogP contribution in [0.2, 0.25) is 0 Å². The maximum Gasteiger partial charge on any atom is 0.244 e. The fraction of sp³-hybridized carbons (Fsp3) is 0.519. The molecule has 0 spiro atoms. The number of anilines is 1. The van der Waals surface area contributed by atoms with Crippen molar-refractivity contribution in [1.82, 2.24) is 20.8 Å². The molecule has 1 aromatic carbocycles. The second kappa shape index (κ2) is 8.69. The number of rotatable bonds is 6. The molecular formula is C27H35N5O2. The highest BCUT2D eigenvalue weighted by Crippen LogP contribution is 2.42. The number of nitrogens with one attached hydrogen (secondary N) is 2. The Morgan fingerprint density at radius 3 is 2.50 bits per heavy atom. The highest BCUT2D eigenvalue weighted by atomic mass is 16.3. The van der Waals surface area contributed by atoms with E-state index in [0.717, 1.165) is 37.1 Å². The summed E-state index contributed by atoms with van der Waals surface area (Å²) in [5, 5.41) is 26.3. The number of hydrogen-bond acceptors (Lipinski definition) is 6. The monoisotopic (exact) mass is 461 g/mol. The number of nitrogens with zero attached hydrogens (tertiary/aromatic N) is 3. The van der Waals surface area contributed by atoms with Crippen molar-refractivity contribution in [2.75, 3.05) is 11.9 Å². The van der Waals surface area contributed by atoms with Crippen LogP contribution >= 0.6 is 0 Å². The van der Waals surface area contributed by atoms with E-state index in [9.17, 15) is 9.90 Å². The summed E-state index contributed by atoms with van der Waals surface area (Å²) in [5.41, 5.74) is 2.36. The fourth-order valence-corrected chi connectivity index (χ4v) is 5.78. The SMILES string of the molecule is CN(c1ccc(-c2ccc(/C=C/C(=O)NC3CC3)cc2O)nn1)[C@H]1C[C@]2(C)CCC[C@](C)(C1)N2. The van der Waals surface area contributed by atoms with Crippen molar-refractivity contribution < 1.29 is 9.90 Å². The Labute approximate surface area is 201 Å². The quantitative estimate of drug-likeness (QED) is 0.563. The smallest absolute Gasteiger partial charge is 0.244 e. The number of aromatic nitrogens is 2. The first kappa shape index (κ1) is 22.8. The fourth-order valence-electron chi connectivity index (χ4n) is 5.78. The Bertz CT molecular complexity index is 1080. The first-order valence-electron chi connectivity index (χ1n) is 12.4. The molecule has 180 valence electrons. The molecule has 3 aliphatic rings. The summed E-state index contributed by atoms with van der Waals surface area (Å²) >= 11 is 0. The Morgan fingerprint density at radius 1 is 1.15 bits per heavy atom. The van der Waals surface area contributed by atoms with Gasteiger partial charge < -0.3 is 20.6 Å². The van der Waals surface area contributed by atoms with Crippen molar-refractivity contribution in [2.24, 2.45) is 0 Å². The largest absolute Gasteiger partial charge is 0.507 e. The third-order valence-electron chi connectivity index (χ3n) is 7.64. The zero-order valence-corrected chi connectivity index (χ0v) is 20.3. The van der Waals surface area contributed by atoms with Crippen molar-refractivity contribution in [2.45, 2.75) is 82.0 Å². The van der Waals surface area contributed by atoms with Crippen LogP contribution in [0.5, 0.6) is 5.75 Å². The van der Waals surface area contributed by atoms with Crippen LogP contribution < -0.4 is 15.5 Å². The van der Waals surface area contributed by atoms with Gasteiger partial charge in [0, 0.05) is 41.8 Å². The molecule has 3 atom stereocenters. The number of fused-ring (bicyclic) bond motifs is 2. The van der Waals surface area contributed by atoms with Crippen LogP contribution in [-0.2, 0) is 4.79 Å². The molecule has 0 unspecified atom stereocenters. The molecule has 34 heavy (non-hydrogen) atoms. The second-order valence-corrected chi connectivity index (χ2v) is 10.9. The van der Waals surface area contributed by atoms with Gasteiger partial charge in [0.25, 0.3) is 0 Å². The summed E-state index contributed by atoms with van der Waals surface area (Å²) in [6.45, 7) is 4.70. The van der Waals surface area contributed by atoms with E-state index in [0.29, 0.717) is 23.3 Å². The Kier molecular flexibility index (Phi) is 5.84.